The van der Waals surface area contributed by atoms with Gasteiger partial charge in [-0.15, -0.1) is 0 Å². The van der Waals surface area contributed by atoms with Crippen molar-refractivity contribution in [3.63, 3.8) is 0 Å². The lowest BCUT2D eigenvalue weighted by Gasteiger charge is -2.42. The Morgan fingerprint density at radius 3 is 2.43 bits per heavy atom. The van der Waals surface area contributed by atoms with E-state index in [0.29, 0.717) is 17.4 Å². The molecule has 1 fully saturated rings. The Kier molecular flexibility index (Phi) is 6.98. The largest absolute Gasteiger partial charge is 1.00 e. The monoisotopic (exact) mass is 403 g/mol. The van der Waals surface area contributed by atoms with E-state index < -0.39 is 0 Å². The normalized spacial score (nSPS) is 29.6. The number of likely N-dealkylation sites (N-methyl/N-ethyl adjacent to an activating group) is 1. The number of hydrogen-bond donors (Lipinski definition) is 0. The zero-order valence-corrected chi connectivity index (χ0v) is 16.8. The predicted molar refractivity (Wildman–Crippen MR) is 88.6 cm³/mol. The average molecular weight is 403 g/mol. The number of rotatable bonds is 3. The Hall–Kier alpha value is 0.170. The highest BCUT2D eigenvalue weighted by molar-refractivity contribution is 5.19. The van der Waals surface area contributed by atoms with Gasteiger partial charge in [0.15, 0.2) is 0 Å². The molecule has 21 heavy (non-hydrogen) atoms. The Morgan fingerprint density at radius 1 is 1.24 bits per heavy atom. The van der Waals surface area contributed by atoms with Gasteiger partial charge >= 0.3 is 0 Å². The highest BCUT2D eigenvalue weighted by Crippen LogP contribution is 2.41. The molecule has 0 bridgehead atoms. The maximum Gasteiger partial charge on any atom is 0.105 e. The summed E-state index contributed by atoms with van der Waals surface area (Å²) in [5.41, 5.74) is 2.00. The lowest BCUT2D eigenvalue weighted by molar-refractivity contribution is -0.929. The minimum absolute atomic E-state index is 0. The van der Waals surface area contributed by atoms with Crippen LogP contribution in [0.2, 0.25) is 0 Å². The fourth-order valence-corrected chi connectivity index (χ4v) is 4.10. The lowest BCUT2D eigenvalue weighted by Crippen LogP contribution is -3.00. The third-order valence-electron chi connectivity index (χ3n) is 5.99. The minimum Gasteiger partial charge on any atom is -1.00 e. The van der Waals surface area contributed by atoms with Gasteiger partial charge in [-0.1, -0.05) is 31.6 Å². The molecule has 1 nitrogen and oxygen atoms in total. The second kappa shape index (κ2) is 7.63. The van der Waals surface area contributed by atoms with Gasteiger partial charge in [-0.3, -0.25) is 0 Å². The van der Waals surface area contributed by atoms with Crippen molar-refractivity contribution in [1.82, 2.24) is 0 Å². The summed E-state index contributed by atoms with van der Waals surface area (Å²) in [6.45, 7) is 12.3. The standard InChI is InChI=1S/C19H34N.HI/c1-16-10-9-13-19(3,4)18(16)12-11-17(2)20(5)14-7-6-8-15-20;/h10-12,17-18H,6-9,13-15H2,1-5H3;1H/q+1;/p-1. The van der Waals surface area contributed by atoms with Crippen molar-refractivity contribution in [2.45, 2.75) is 65.8 Å². The van der Waals surface area contributed by atoms with Gasteiger partial charge in [-0.25, -0.2) is 0 Å². The van der Waals surface area contributed by atoms with Crippen LogP contribution in [0.1, 0.15) is 59.8 Å². The third kappa shape index (κ3) is 4.57. The molecule has 0 saturated carbocycles. The Balaban J connectivity index is 0.00000220. The van der Waals surface area contributed by atoms with E-state index in [2.05, 4.69) is 53.0 Å². The Bertz CT molecular complexity index is 388. The molecule has 0 aromatic heterocycles. The molecule has 0 N–H and O–H groups in total. The molecule has 0 aromatic rings. The van der Waals surface area contributed by atoms with E-state index in [1.165, 1.54) is 49.7 Å². The smallest absolute Gasteiger partial charge is 0.105 e. The van der Waals surface area contributed by atoms with Gasteiger partial charge in [0.1, 0.15) is 6.04 Å². The molecule has 0 aromatic carbocycles. The van der Waals surface area contributed by atoms with Crippen LogP contribution in [-0.2, 0) is 0 Å². The quantitative estimate of drug-likeness (QED) is 0.384. The van der Waals surface area contributed by atoms with Gasteiger partial charge in [0, 0.05) is 5.92 Å². The summed E-state index contributed by atoms with van der Waals surface area (Å²) in [6, 6.07) is 0.654. The number of quaternary nitrogens is 1. The number of allylic oxidation sites excluding steroid dienone is 3. The molecule has 1 aliphatic carbocycles. The van der Waals surface area contributed by atoms with Crippen LogP contribution in [-0.4, -0.2) is 30.7 Å². The number of hydrogen-bond acceptors (Lipinski definition) is 0. The van der Waals surface area contributed by atoms with Gasteiger partial charge in [0.25, 0.3) is 0 Å². The first-order valence-electron chi connectivity index (χ1n) is 8.54. The van der Waals surface area contributed by atoms with E-state index in [0.717, 1.165) is 0 Å². The molecule has 0 spiro atoms. The second-order valence-electron chi connectivity index (χ2n) is 8.07. The maximum atomic E-state index is 2.52. The number of halogens is 1. The predicted octanol–water partition coefficient (Wildman–Crippen LogP) is 1.95. The molecule has 0 amide bonds. The highest BCUT2D eigenvalue weighted by Gasteiger charge is 2.33. The summed E-state index contributed by atoms with van der Waals surface area (Å²) in [6.07, 6.45) is 14.3. The van der Waals surface area contributed by atoms with Gasteiger partial charge in [0.2, 0.25) is 0 Å². The van der Waals surface area contributed by atoms with Crippen molar-refractivity contribution in [2.75, 3.05) is 20.1 Å². The maximum absolute atomic E-state index is 2.52. The fourth-order valence-electron chi connectivity index (χ4n) is 4.10. The second-order valence-corrected chi connectivity index (χ2v) is 8.07. The highest BCUT2D eigenvalue weighted by atomic mass is 127. The SMILES string of the molecule is CC1=CCCC(C)(C)C1C=CC(C)[N+]1(C)CCCCC1.[I-]. The molecular formula is C19H34IN. The number of likely N-dealkylation sites (tertiary alicyclic amines) is 1. The molecule has 2 aliphatic rings. The number of nitrogens with zero attached hydrogens (tertiary/aromatic N) is 1. The topological polar surface area (TPSA) is 0 Å². The van der Waals surface area contributed by atoms with Crippen LogP contribution in [0, 0.1) is 11.3 Å². The van der Waals surface area contributed by atoms with Crippen LogP contribution >= 0.6 is 0 Å². The van der Waals surface area contributed by atoms with Crippen molar-refractivity contribution in [3.05, 3.63) is 23.8 Å². The molecular weight excluding hydrogens is 369 g/mol. The molecule has 122 valence electrons. The average Bonchev–Trinajstić information content (AvgIpc) is 2.38. The molecule has 2 heteroatoms. The van der Waals surface area contributed by atoms with Crippen molar-refractivity contribution in [3.8, 4) is 0 Å². The lowest BCUT2D eigenvalue weighted by atomic mass is 9.68. The van der Waals surface area contributed by atoms with Crippen LogP contribution < -0.4 is 24.0 Å². The van der Waals surface area contributed by atoms with E-state index in [1.54, 1.807) is 5.57 Å². The summed E-state index contributed by atoms with van der Waals surface area (Å²) in [5, 5.41) is 0. The van der Waals surface area contributed by atoms with Gasteiger partial charge in [-0.05, 0) is 57.4 Å². The van der Waals surface area contributed by atoms with Crippen LogP contribution in [0.15, 0.2) is 23.8 Å². The number of piperidine rings is 1. The minimum atomic E-state index is 0. The summed E-state index contributed by atoms with van der Waals surface area (Å²) in [7, 11) is 2.45. The molecule has 1 saturated heterocycles. The molecule has 1 heterocycles. The van der Waals surface area contributed by atoms with Gasteiger partial charge < -0.3 is 28.5 Å². The molecule has 0 radical (unpaired) electrons. The zero-order chi connectivity index (χ0) is 14.8. The van der Waals surface area contributed by atoms with Crippen molar-refractivity contribution < 1.29 is 28.5 Å². The van der Waals surface area contributed by atoms with E-state index >= 15 is 0 Å². The summed E-state index contributed by atoms with van der Waals surface area (Å²) >= 11 is 0. The van der Waals surface area contributed by atoms with E-state index in [9.17, 15) is 0 Å². The first kappa shape index (κ1) is 19.2. The van der Waals surface area contributed by atoms with E-state index in [4.69, 9.17) is 0 Å². The van der Waals surface area contributed by atoms with Gasteiger partial charge in [0.05, 0.1) is 20.1 Å². The third-order valence-corrected chi connectivity index (χ3v) is 5.99. The van der Waals surface area contributed by atoms with Crippen LogP contribution in [0.4, 0.5) is 0 Å². The molecule has 2 atom stereocenters. The Morgan fingerprint density at radius 2 is 1.86 bits per heavy atom. The summed E-state index contributed by atoms with van der Waals surface area (Å²) in [4.78, 5) is 0. The van der Waals surface area contributed by atoms with Crippen molar-refractivity contribution >= 4 is 0 Å². The summed E-state index contributed by atoms with van der Waals surface area (Å²) < 4.78 is 1.24. The molecule has 2 rings (SSSR count). The van der Waals surface area contributed by atoms with Crippen LogP contribution in [0.5, 0.6) is 0 Å². The Labute approximate surface area is 149 Å². The van der Waals surface area contributed by atoms with E-state index in [1.807, 2.05) is 0 Å². The fraction of sp³-hybridized carbons (Fsp3) is 0.789. The van der Waals surface area contributed by atoms with Crippen LogP contribution in [0.25, 0.3) is 0 Å². The first-order chi connectivity index (χ1) is 9.35. The molecule has 1 aliphatic heterocycles. The summed E-state index contributed by atoms with van der Waals surface area (Å²) in [5.74, 6) is 0.634. The zero-order valence-electron chi connectivity index (χ0n) is 14.7. The van der Waals surface area contributed by atoms with Crippen LogP contribution in [0.3, 0.4) is 0 Å². The van der Waals surface area contributed by atoms with Crippen molar-refractivity contribution in [2.24, 2.45) is 11.3 Å². The van der Waals surface area contributed by atoms with Crippen molar-refractivity contribution in [1.29, 1.82) is 0 Å². The molecule has 2 unspecified atom stereocenters. The first-order valence-corrected chi connectivity index (χ1v) is 8.54. The van der Waals surface area contributed by atoms with E-state index in [-0.39, 0.29) is 24.0 Å². The van der Waals surface area contributed by atoms with Gasteiger partial charge in [-0.2, -0.15) is 0 Å².